The number of anilines is 1. The van der Waals surface area contributed by atoms with Gasteiger partial charge in [0.05, 0.1) is 11.5 Å². The number of amides is 2. The summed E-state index contributed by atoms with van der Waals surface area (Å²) in [4.78, 5) is 33.6. The van der Waals surface area contributed by atoms with Crippen LogP contribution in [-0.4, -0.2) is 23.3 Å². The Morgan fingerprint density at radius 2 is 1.83 bits per heavy atom. The summed E-state index contributed by atoms with van der Waals surface area (Å²) in [6, 6.07) is 12.0. The van der Waals surface area contributed by atoms with Crippen LogP contribution in [-0.2, 0) is 4.79 Å². The van der Waals surface area contributed by atoms with Gasteiger partial charge in [-0.15, -0.1) is 0 Å². The van der Waals surface area contributed by atoms with E-state index in [1.807, 2.05) is 0 Å². The molecule has 0 unspecified atom stereocenters. The minimum Gasteiger partial charge on any atom is -0.376 e. The lowest BCUT2D eigenvalue weighted by atomic mass is 10.2. The molecule has 0 bridgehead atoms. The molecule has 0 saturated heterocycles. The van der Waals surface area contributed by atoms with Gasteiger partial charge in [-0.05, 0) is 24.3 Å². The van der Waals surface area contributed by atoms with Gasteiger partial charge in [0.2, 0.25) is 0 Å². The van der Waals surface area contributed by atoms with Crippen molar-refractivity contribution in [2.45, 2.75) is 0 Å². The highest BCUT2D eigenvalue weighted by Crippen LogP contribution is 2.14. The molecule has 2 amide bonds. The lowest BCUT2D eigenvalue weighted by molar-refractivity contribution is -0.384. The Morgan fingerprint density at radius 3 is 2.54 bits per heavy atom. The van der Waals surface area contributed by atoms with Crippen molar-refractivity contribution in [2.24, 2.45) is 0 Å². The second kappa shape index (κ2) is 7.93. The molecule has 24 heavy (non-hydrogen) atoms. The van der Waals surface area contributed by atoms with E-state index >= 15 is 0 Å². The first kappa shape index (κ1) is 17.2. The first-order chi connectivity index (χ1) is 11.5. The van der Waals surface area contributed by atoms with E-state index in [-0.39, 0.29) is 17.8 Å². The first-order valence-corrected chi connectivity index (χ1v) is 7.16. The van der Waals surface area contributed by atoms with Crippen molar-refractivity contribution in [1.29, 1.82) is 0 Å². The summed E-state index contributed by atoms with van der Waals surface area (Å²) >= 11 is 5.82. The molecule has 2 rings (SSSR count). The van der Waals surface area contributed by atoms with Gasteiger partial charge in [-0.2, -0.15) is 0 Å². The number of nitrogens with zero attached hydrogens (tertiary/aromatic N) is 1. The number of hydrogen-bond acceptors (Lipinski definition) is 5. The zero-order valence-corrected chi connectivity index (χ0v) is 13.0. The molecule has 0 aliphatic rings. The van der Waals surface area contributed by atoms with Crippen LogP contribution in [0.1, 0.15) is 10.4 Å². The van der Waals surface area contributed by atoms with Crippen LogP contribution in [0.2, 0.25) is 5.02 Å². The van der Waals surface area contributed by atoms with Crippen LogP contribution >= 0.6 is 11.6 Å². The minimum absolute atomic E-state index is 0.0623. The zero-order chi connectivity index (χ0) is 17.5. The topological polar surface area (TPSA) is 113 Å². The third-order valence-electron chi connectivity index (χ3n) is 2.91. The van der Waals surface area contributed by atoms with Crippen molar-refractivity contribution in [3.63, 3.8) is 0 Å². The Labute approximate surface area is 141 Å². The van der Waals surface area contributed by atoms with E-state index in [0.717, 1.165) is 6.07 Å². The minimum atomic E-state index is -0.658. The molecule has 3 N–H and O–H groups in total. The number of non-ortho nitro benzene ring substituents is 1. The predicted octanol–water partition coefficient (Wildman–Crippen LogP) is 2.12. The van der Waals surface area contributed by atoms with Crippen molar-refractivity contribution in [1.82, 2.24) is 10.9 Å². The van der Waals surface area contributed by atoms with Crippen LogP contribution in [0.4, 0.5) is 11.4 Å². The van der Waals surface area contributed by atoms with Crippen molar-refractivity contribution in [3.05, 3.63) is 69.2 Å². The Morgan fingerprint density at radius 1 is 1.08 bits per heavy atom. The third-order valence-corrected chi connectivity index (χ3v) is 3.15. The molecule has 0 heterocycles. The van der Waals surface area contributed by atoms with E-state index in [0.29, 0.717) is 10.7 Å². The number of halogens is 1. The van der Waals surface area contributed by atoms with Gasteiger partial charge < -0.3 is 5.32 Å². The standard InChI is InChI=1S/C15H13ClN4O4/c16-11-4-2-5-12(8-11)17-9-14(21)18-19-15(22)10-3-1-6-13(7-10)20(23)24/h1-8,17H,9H2,(H,18,21)(H,19,22). The molecule has 8 nitrogen and oxygen atoms in total. The second-order valence-corrected chi connectivity index (χ2v) is 5.11. The summed E-state index contributed by atoms with van der Waals surface area (Å²) in [5, 5.41) is 14.0. The van der Waals surface area contributed by atoms with Gasteiger partial charge in [0.15, 0.2) is 0 Å². The van der Waals surface area contributed by atoms with Gasteiger partial charge in [0.25, 0.3) is 17.5 Å². The highest BCUT2D eigenvalue weighted by molar-refractivity contribution is 6.30. The summed E-state index contributed by atoms with van der Waals surface area (Å²) in [5.41, 5.74) is 4.90. The summed E-state index contributed by atoms with van der Waals surface area (Å²) in [5.74, 6) is -1.15. The van der Waals surface area contributed by atoms with Crippen molar-refractivity contribution < 1.29 is 14.5 Å². The third kappa shape index (κ3) is 4.96. The van der Waals surface area contributed by atoms with Crippen molar-refractivity contribution >= 4 is 34.8 Å². The number of carbonyl (C=O) groups excluding carboxylic acids is 2. The molecule has 2 aromatic carbocycles. The Kier molecular flexibility index (Phi) is 5.69. The number of nitro groups is 1. The molecular weight excluding hydrogens is 336 g/mol. The fourth-order valence-electron chi connectivity index (χ4n) is 1.78. The van der Waals surface area contributed by atoms with E-state index in [9.17, 15) is 19.7 Å². The SMILES string of the molecule is O=C(CNc1cccc(Cl)c1)NNC(=O)c1cccc([N+](=O)[O-])c1. The highest BCUT2D eigenvalue weighted by atomic mass is 35.5. The zero-order valence-electron chi connectivity index (χ0n) is 12.3. The smallest absolute Gasteiger partial charge is 0.270 e. The molecule has 124 valence electrons. The number of rotatable bonds is 5. The molecule has 0 aliphatic carbocycles. The highest BCUT2D eigenvalue weighted by Gasteiger charge is 2.12. The lowest BCUT2D eigenvalue weighted by Gasteiger charge is -2.09. The Balaban J connectivity index is 1.84. The maximum atomic E-state index is 11.9. The summed E-state index contributed by atoms with van der Waals surface area (Å²) in [7, 11) is 0. The predicted molar refractivity (Wildman–Crippen MR) is 88.6 cm³/mol. The molecule has 0 fully saturated rings. The molecule has 0 radical (unpaired) electrons. The van der Waals surface area contributed by atoms with Crippen LogP contribution in [0.15, 0.2) is 48.5 Å². The fraction of sp³-hybridized carbons (Fsp3) is 0.0667. The largest absolute Gasteiger partial charge is 0.376 e. The normalized spacial score (nSPS) is 9.88. The lowest BCUT2D eigenvalue weighted by Crippen LogP contribution is -2.44. The molecule has 0 aromatic heterocycles. The van der Waals surface area contributed by atoms with Gasteiger partial charge in [-0.1, -0.05) is 23.7 Å². The van der Waals surface area contributed by atoms with Crippen molar-refractivity contribution in [3.8, 4) is 0 Å². The number of hydrazine groups is 1. The average Bonchev–Trinajstić information content (AvgIpc) is 2.58. The maximum Gasteiger partial charge on any atom is 0.270 e. The van der Waals surface area contributed by atoms with Gasteiger partial charge in [0, 0.05) is 28.4 Å². The number of nitro benzene ring substituents is 1. The van der Waals surface area contributed by atoms with E-state index in [4.69, 9.17) is 11.6 Å². The van der Waals surface area contributed by atoms with Crippen LogP contribution < -0.4 is 16.2 Å². The summed E-state index contributed by atoms with van der Waals surface area (Å²) in [6.07, 6.45) is 0. The van der Waals surface area contributed by atoms with Gasteiger partial charge in [0.1, 0.15) is 0 Å². The van der Waals surface area contributed by atoms with E-state index in [2.05, 4.69) is 16.2 Å². The Bertz CT molecular complexity index is 782. The number of hydrogen-bond donors (Lipinski definition) is 3. The summed E-state index contributed by atoms with van der Waals surface area (Å²) in [6.45, 7) is -0.0877. The van der Waals surface area contributed by atoms with Gasteiger partial charge in [-0.3, -0.25) is 30.6 Å². The van der Waals surface area contributed by atoms with Crippen LogP contribution in [0, 0.1) is 10.1 Å². The average molecular weight is 349 g/mol. The van der Waals surface area contributed by atoms with Crippen LogP contribution in [0.3, 0.4) is 0 Å². The van der Waals surface area contributed by atoms with Gasteiger partial charge in [-0.25, -0.2) is 0 Å². The number of benzene rings is 2. The number of nitrogens with one attached hydrogen (secondary N) is 3. The van der Waals surface area contributed by atoms with E-state index in [1.54, 1.807) is 24.3 Å². The molecule has 9 heteroatoms. The molecule has 0 spiro atoms. The van der Waals surface area contributed by atoms with E-state index in [1.165, 1.54) is 18.2 Å². The monoisotopic (exact) mass is 348 g/mol. The molecule has 0 saturated carbocycles. The molecule has 0 aliphatic heterocycles. The van der Waals surface area contributed by atoms with Crippen molar-refractivity contribution in [2.75, 3.05) is 11.9 Å². The number of carbonyl (C=O) groups is 2. The maximum absolute atomic E-state index is 11.9. The molecule has 2 aromatic rings. The van der Waals surface area contributed by atoms with Gasteiger partial charge >= 0.3 is 0 Å². The van der Waals surface area contributed by atoms with Crippen LogP contribution in [0.25, 0.3) is 0 Å². The molecular formula is C15H13ClN4O4. The molecule has 0 atom stereocenters. The first-order valence-electron chi connectivity index (χ1n) is 6.79. The second-order valence-electron chi connectivity index (χ2n) is 4.67. The quantitative estimate of drug-likeness (QED) is 0.565. The fourth-order valence-corrected chi connectivity index (χ4v) is 1.97. The summed E-state index contributed by atoms with van der Waals surface area (Å²) < 4.78 is 0. The van der Waals surface area contributed by atoms with E-state index < -0.39 is 16.7 Å². The van der Waals surface area contributed by atoms with Crippen LogP contribution in [0.5, 0.6) is 0 Å². The Hall–Kier alpha value is -3.13.